The number of carbonyl (C=O) groups is 1. The Labute approximate surface area is 130 Å². The van der Waals surface area contributed by atoms with E-state index in [0.717, 1.165) is 19.1 Å². The lowest BCUT2D eigenvalue weighted by molar-refractivity contribution is 0.102. The predicted molar refractivity (Wildman–Crippen MR) is 83.9 cm³/mol. The van der Waals surface area contributed by atoms with Gasteiger partial charge in [-0.3, -0.25) is 4.79 Å². The lowest BCUT2D eigenvalue weighted by Gasteiger charge is -2.07. The zero-order valence-corrected chi connectivity index (χ0v) is 13.8. The number of nitrogens with one attached hydrogen (secondary N) is 1. The molecular weight excluding hydrogens is 426 g/mol. The first-order chi connectivity index (χ1) is 8.56. The third kappa shape index (κ3) is 3.43. The van der Waals surface area contributed by atoms with Gasteiger partial charge in [-0.15, -0.1) is 0 Å². The van der Waals surface area contributed by atoms with Crippen LogP contribution in [0.25, 0.3) is 0 Å². The van der Waals surface area contributed by atoms with Gasteiger partial charge in [0.1, 0.15) is 0 Å². The number of amides is 1. The quantitative estimate of drug-likeness (QED) is 0.690. The monoisotopic (exact) mass is 431 g/mol. The van der Waals surface area contributed by atoms with Gasteiger partial charge in [-0.25, -0.2) is 0 Å². The molecule has 0 bridgehead atoms. The highest BCUT2D eigenvalue weighted by atomic mass is 79.9. The van der Waals surface area contributed by atoms with Gasteiger partial charge in [0.2, 0.25) is 0 Å². The second-order valence-corrected chi connectivity index (χ2v) is 6.27. The SMILES string of the molecule is O=C(Nc1ccc(Br)cc1)c1ccc(Br)cc1Br. The standard InChI is InChI=1S/C13H8Br3NO/c14-8-1-4-10(5-2-8)17-13(18)11-6-3-9(15)7-12(11)16/h1-7H,(H,17,18). The Bertz CT molecular complexity index is 581. The van der Waals surface area contributed by atoms with Crippen molar-refractivity contribution in [3.63, 3.8) is 0 Å². The summed E-state index contributed by atoms with van der Waals surface area (Å²) in [6.45, 7) is 0. The second-order valence-electron chi connectivity index (χ2n) is 3.59. The number of anilines is 1. The molecule has 5 heteroatoms. The topological polar surface area (TPSA) is 29.1 Å². The van der Waals surface area contributed by atoms with Crippen LogP contribution in [-0.4, -0.2) is 5.91 Å². The van der Waals surface area contributed by atoms with Crippen molar-refractivity contribution in [2.24, 2.45) is 0 Å². The molecule has 0 aliphatic carbocycles. The maximum atomic E-state index is 12.1. The van der Waals surface area contributed by atoms with E-state index in [1.54, 1.807) is 6.07 Å². The molecule has 0 radical (unpaired) electrons. The van der Waals surface area contributed by atoms with Crippen LogP contribution < -0.4 is 5.32 Å². The molecule has 0 aliphatic heterocycles. The lowest BCUT2D eigenvalue weighted by Crippen LogP contribution is -2.12. The molecule has 1 N–H and O–H groups in total. The van der Waals surface area contributed by atoms with Crippen LogP contribution in [0.2, 0.25) is 0 Å². The van der Waals surface area contributed by atoms with Crippen molar-refractivity contribution in [1.82, 2.24) is 0 Å². The van der Waals surface area contributed by atoms with E-state index in [0.29, 0.717) is 5.56 Å². The van der Waals surface area contributed by atoms with Gasteiger partial charge in [0, 0.05) is 19.1 Å². The molecule has 2 rings (SSSR count). The van der Waals surface area contributed by atoms with Crippen molar-refractivity contribution in [2.75, 3.05) is 5.32 Å². The fourth-order valence-corrected chi connectivity index (χ4v) is 2.90. The maximum absolute atomic E-state index is 12.1. The Morgan fingerprint density at radius 3 is 2.11 bits per heavy atom. The fraction of sp³-hybridized carbons (Fsp3) is 0. The van der Waals surface area contributed by atoms with E-state index in [4.69, 9.17) is 0 Å². The molecule has 0 unspecified atom stereocenters. The summed E-state index contributed by atoms with van der Waals surface area (Å²) in [7, 11) is 0. The van der Waals surface area contributed by atoms with Crippen molar-refractivity contribution in [3.8, 4) is 0 Å². The summed E-state index contributed by atoms with van der Waals surface area (Å²) in [4.78, 5) is 12.1. The van der Waals surface area contributed by atoms with E-state index in [1.165, 1.54) is 0 Å². The highest BCUT2D eigenvalue weighted by Crippen LogP contribution is 2.23. The summed E-state index contributed by atoms with van der Waals surface area (Å²) in [5.41, 5.74) is 1.36. The Balaban J connectivity index is 2.19. The molecule has 0 atom stereocenters. The van der Waals surface area contributed by atoms with Crippen molar-refractivity contribution in [1.29, 1.82) is 0 Å². The molecular formula is C13H8Br3NO. The van der Waals surface area contributed by atoms with E-state index in [1.807, 2.05) is 36.4 Å². The Morgan fingerprint density at radius 2 is 1.50 bits per heavy atom. The summed E-state index contributed by atoms with van der Waals surface area (Å²) in [5.74, 6) is -0.142. The number of halogens is 3. The molecule has 0 spiro atoms. The van der Waals surface area contributed by atoms with Crippen LogP contribution in [0, 0.1) is 0 Å². The Morgan fingerprint density at radius 1 is 0.889 bits per heavy atom. The number of hydrogen-bond donors (Lipinski definition) is 1. The van der Waals surface area contributed by atoms with E-state index in [9.17, 15) is 4.79 Å². The molecule has 2 nitrogen and oxygen atoms in total. The lowest BCUT2D eigenvalue weighted by atomic mass is 10.2. The van der Waals surface area contributed by atoms with E-state index in [2.05, 4.69) is 53.1 Å². The third-order valence-electron chi connectivity index (χ3n) is 2.28. The summed E-state index contributed by atoms with van der Waals surface area (Å²) in [5, 5.41) is 2.84. The number of rotatable bonds is 2. The highest BCUT2D eigenvalue weighted by Gasteiger charge is 2.10. The van der Waals surface area contributed by atoms with Gasteiger partial charge in [-0.05, 0) is 58.4 Å². The predicted octanol–water partition coefficient (Wildman–Crippen LogP) is 5.23. The molecule has 2 aromatic carbocycles. The zero-order chi connectivity index (χ0) is 13.1. The first kappa shape index (κ1) is 13.8. The first-order valence-electron chi connectivity index (χ1n) is 5.08. The van der Waals surface area contributed by atoms with Gasteiger partial charge in [0.05, 0.1) is 5.56 Å². The van der Waals surface area contributed by atoms with Crippen LogP contribution in [0.3, 0.4) is 0 Å². The summed E-state index contributed by atoms with van der Waals surface area (Å²) in [6.07, 6.45) is 0. The van der Waals surface area contributed by atoms with Gasteiger partial charge < -0.3 is 5.32 Å². The minimum absolute atomic E-state index is 0.142. The summed E-state index contributed by atoms with van der Waals surface area (Å²) < 4.78 is 2.66. The van der Waals surface area contributed by atoms with Gasteiger partial charge >= 0.3 is 0 Å². The largest absolute Gasteiger partial charge is 0.322 e. The summed E-state index contributed by atoms with van der Waals surface area (Å²) in [6, 6.07) is 12.9. The van der Waals surface area contributed by atoms with Crippen LogP contribution in [0.1, 0.15) is 10.4 Å². The molecule has 0 heterocycles. The van der Waals surface area contributed by atoms with Gasteiger partial charge in [0.25, 0.3) is 5.91 Å². The Hall–Kier alpha value is -0.650. The van der Waals surface area contributed by atoms with Crippen molar-refractivity contribution in [3.05, 3.63) is 61.4 Å². The smallest absolute Gasteiger partial charge is 0.256 e. The molecule has 0 saturated carbocycles. The number of benzene rings is 2. The molecule has 0 saturated heterocycles. The molecule has 0 aromatic heterocycles. The number of carbonyl (C=O) groups excluding carboxylic acids is 1. The number of hydrogen-bond acceptors (Lipinski definition) is 1. The van der Waals surface area contributed by atoms with Crippen molar-refractivity contribution < 1.29 is 4.79 Å². The van der Waals surface area contributed by atoms with Gasteiger partial charge in [-0.2, -0.15) is 0 Å². The molecule has 18 heavy (non-hydrogen) atoms. The van der Waals surface area contributed by atoms with Crippen LogP contribution in [0.5, 0.6) is 0 Å². The zero-order valence-electron chi connectivity index (χ0n) is 9.08. The van der Waals surface area contributed by atoms with Crippen LogP contribution in [-0.2, 0) is 0 Å². The summed E-state index contributed by atoms with van der Waals surface area (Å²) >= 11 is 10.1. The second kappa shape index (κ2) is 5.99. The molecule has 0 fully saturated rings. The minimum Gasteiger partial charge on any atom is -0.322 e. The normalized spacial score (nSPS) is 10.2. The Kier molecular flexibility index (Phi) is 4.59. The van der Waals surface area contributed by atoms with E-state index < -0.39 is 0 Å². The molecule has 92 valence electrons. The average molecular weight is 434 g/mol. The van der Waals surface area contributed by atoms with Crippen molar-refractivity contribution in [2.45, 2.75) is 0 Å². The minimum atomic E-state index is -0.142. The molecule has 2 aromatic rings. The first-order valence-corrected chi connectivity index (χ1v) is 7.46. The molecule has 1 amide bonds. The average Bonchev–Trinajstić information content (AvgIpc) is 2.32. The highest BCUT2D eigenvalue weighted by molar-refractivity contribution is 9.11. The van der Waals surface area contributed by atoms with E-state index >= 15 is 0 Å². The maximum Gasteiger partial charge on any atom is 0.256 e. The van der Waals surface area contributed by atoms with Crippen LogP contribution in [0.15, 0.2) is 55.9 Å². The third-order valence-corrected chi connectivity index (χ3v) is 3.96. The van der Waals surface area contributed by atoms with Crippen molar-refractivity contribution >= 4 is 59.4 Å². The van der Waals surface area contributed by atoms with Crippen LogP contribution in [0.4, 0.5) is 5.69 Å². The van der Waals surface area contributed by atoms with Crippen LogP contribution >= 0.6 is 47.8 Å². The van der Waals surface area contributed by atoms with Gasteiger partial charge in [-0.1, -0.05) is 31.9 Å². The van der Waals surface area contributed by atoms with Gasteiger partial charge in [0.15, 0.2) is 0 Å². The molecule has 0 aliphatic rings. The fourth-order valence-electron chi connectivity index (χ4n) is 1.41. The van der Waals surface area contributed by atoms with E-state index in [-0.39, 0.29) is 5.91 Å².